The maximum atomic E-state index is 13.4. The van der Waals surface area contributed by atoms with Gasteiger partial charge in [0.05, 0.1) is 11.3 Å². The van der Waals surface area contributed by atoms with E-state index in [1.54, 1.807) is 21.2 Å². The molecule has 33 heavy (non-hydrogen) atoms. The predicted octanol–water partition coefficient (Wildman–Crippen LogP) is 4.20. The van der Waals surface area contributed by atoms with E-state index in [-0.39, 0.29) is 17.5 Å². The van der Waals surface area contributed by atoms with Gasteiger partial charge in [-0.25, -0.2) is 13.9 Å². The average Bonchev–Trinajstić information content (AvgIpc) is 3.30. The van der Waals surface area contributed by atoms with Crippen LogP contribution in [0.25, 0.3) is 11.5 Å². The van der Waals surface area contributed by atoms with E-state index in [2.05, 4.69) is 26.5 Å². The first-order chi connectivity index (χ1) is 15.7. The molecule has 3 heterocycles. The highest BCUT2D eigenvalue weighted by atomic mass is 32.2. The Morgan fingerprint density at radius 3 is 2.45 bits per heavy atom. The number of carbonyl (C=O) groups excluding carboxylic acids is 1. The van der Waals surface area contributed by atoms with Crippen LogP contribution < -0.4 is 5.32 Å². The first kappa shape index (κ1) is 22.5. The monoisotopic (exact) mass is 463 g/mol. The van der Waals surface area contributed by atoms with Gasteiger partial charge in [0.1, 0.15) is 17.7 Å². The van der Waals surface area contributed by atoms with Crippen LogP contribution in [0.5, 0.6) is 0 Å². The molecular formula is C23H22FN7OS. The number of fused-ring (bicyclic) bond motifs is 1. The lowest BCUT2D eigenvalue weighted by Crippen LogP contribution is -2.17. The largest absolute Gasteiger partial charge is 0.310 e. The van der Waals surface area contributed by atoms with Gasteiger partial charge in [-0.15, -0.1) is 5.10 Å². The van der Waals surface area contributed by atoms with Crippen LogP contribution >= 0.6 is 11.8 Å². The lowest BCUT2D eigenvalue weighted by Gasteiger charge is -2.13. The quantitative estimate of drug-likeness (QED) is 0.445. The second-order valence-corrected chi connectivity index (χ2v) is 8.65. The number of halogens is 1. The molecule has 10 heteroatoms. The van der Waals surface area contributed by atoms with Crippen molar-refractivity contribution >= 4 is 29.3 Å². The number of hydrogen-bond donors (Lipinski definition) is 1. The van der Waals surface area contributed by atoms with E-state index in [9.17, 15) is 14.4 Å². The van der Waals surface area contributed by atoms with E-state index in [4.69, 9.17) is 0 Å². The van der Waals surface area contributed by atoms with Gasteiger partial charge in [0.25, 0.3) is 5.78 Å². The Labute approximate surface area is 194 Å². The minimum atomic E-state index is -0.363. The molecule has 0 unspecified atom stereocenters. The van der Waals surface area contributed by atoms with Crippen LogP contribution in [0.1, 0.15) is 33.8 Å². The summed E-state index contributed by atoms with van der Waals surface area (Å²) < 4.78 is 16.8. The molecular weight excluding hydrogens is 441 g/mol. The summed E-state index contributed by atoms with van der Waals surface area (Å²) in [4.78, 5) is 21.7. The second-order valence-electron chi connectivity index (χ2n) is 7.71. The average molecular weight is 464 g/mol. The smallest absolute Gasteiger partial charge is 0.253 e. The van der Waals surface area contributed by atoms with Crippen molar-refractivity contribution in [1.82, 2.24) is 24.1 Å². The van der Waals surface area contributed by atoms with Crippen LogP contribution in [0.2, 0.25) is 0 Å². The Balaban J connectivity index is 1.58. The third kappa shape index (κ3) is 4.07. The zero-order valence-corrected chi connectivity index (χ0v) is 19.7. The highest BCUT2D eigenvalue weighted by molar-refractivity contribution is 7.99. The Kier molecular flexibility index (Phi) is 5.91. The maximum Gasteiger partial charge on any atom is 0.253 e. The minimum absolute atomic E-state index is 0.0471. The number of anilines is 1. The summed E-state index contributed by atoms with van der Waals surface area (Å²) in [7, 11) is 0. The molecule has 1 N–H and O–H groups in total. The lowest BCUT2D eigenvalue weighted by molar-refractivity contribution is -0.113. The normalized spacial score (nSPS) is 11.1. The van der Waals surface area contributed by atoms with Crippen molar-refractivity contribution in [2.75, 3.05) is 11.1 Å². The number of benzene rings is 1. The van der Waals surface area contributed by atoms with E-state index in [1.165, 1.54) is 23.9 Å². The highest BCUT2D eigenvalue weighted by Gasteiger charge is 2.21. The SMILES string of the molecule is Cc1nc2nc(SCC(=O)Nc3c(C#N)c(C)c(C)n3-c3ccc(F)cc3)nn2c(C)c1C. The molecule has 0 radical (unpaired) electrons. The summed E-state index contributed by atoms with van der Waals surface area (Å²) in [5, 5.41) is 17.4. The van der Waals surface area contributed by atoms with Gasteiger partial charge in [-0.3, -0.25) is 9.36 Å². The summed E-state index contributed by atoms with van der Waals surface area (Å²) in [5.74, 6) is 0.218. The van der Waals surface area contributed by atoms with Crippen molar-refractivity contribution in [2.45, 2.75) is 39.8 Å². The van der Waals surface area contributed by atoms with Crippen LogP contribution in [0.3, 0.4) is 0 Å². The van der Waals surface area contributed by atoms with Crippen molar-refractivity contribution in [3.63, 3.8) is 0 Å². The van der Waals surface area contributed by atoms with Gasteiger partial charge < -0.3 is 5.32 Å². The highest BCUT2D eigenvalue weighted by Crippen LogP contribution is 2.30. The number of rotatable bonds is 5. The Morgan fingerprint density at radius 1 is 1.09 bits per heavy atom. The number of hydrogen-bond acceptors (Lipinski definition) is 6. The van der Waals surface area contributed by atoms with Gasteiger partial charge in [-0.1, -0.05) is 11.8 Å². The fourth-order valence-electron chi connectivity index (χ4n) is 3.57. The second kappa shape index (κ2) is 8.67. The Morgan fingerprint density at radius 2 is 1.79 bits per heavy atom. The first-order valence-electron chi connectivity index (χ1n) is 10.2. The standard InChI is InChI=1S/C23H22FN7OS/c1-12-14(3)26-22-28-23(29-31(22)16(12)5)33-11-20(32)27-21-19(10-25)13(2)15(4)30(21)18-8-6-17(24)7-9-18/h6-9H,11H2,1-5H3,(H,27,32). The summed E-state index contributed by atoms with van der Waals surface area (Å²) in [6.45, 7) is 9.52. The predicted molar refractivity (Wildman–Crippen MR) is 124 cm³/mol. The van der Waals surface area contributed by atoms with Gasteiger partial charge in [-0.2, -0.15) is 10.2 Å². The van der Waals surface area contributed by atoms with Crippen LogP contribution in [0.4, 0.5) is 10.2 Å². The number of nitriles is 1. The van der Waals surface area contributed by atoms with Crippen molar-refractivity contribution in [1.29, 1.82) is 5.26 Å². The summed E-state index contributed by atoms with van der Waals surface area (Å²) >= 11 is 1.19. The molecule has 168 valence electrons. The van der Waals surface area contributed by atoms with Crippen LogP contribution in [-0.4, -0.2) is 35.8 Å². The molecule has 1 amide bonds. The fraction of sp³-hybridized carbons (Fsp3) is 0.261. The summed E-state index contributed by atoms with van der Waals surface area (Å²) in [6, 6.07) is 8.05. The van der Waals surface area contributed by atoms with Crippen molar-refractivity contribution < 1.29 is 9.18 Å². The van der Waals surface area contributed by atoms with E-state index in [1.807, 2.05) is 34.6 Å². The van der Waals surface area contributed by atoms with E-state index < -0.39 is 0 Å². The number of nitrogens with one attached hydrogen (secondary N) is 1. The zero-order chi connectivity index (χ0) is 23.9. The third-order valence-electron chi connectivity index (χ3n) is 5.74. The topological polar surface area (TPSA) is 101 Å². The molecule has 0 spiro atoms. The Hall–Kier alpha value is -3.71. The molecule has 4 rings (SSSR count). The van der Waals surface area contributed by atoms with E-state index in [0.717, 1.165) is 28.2 Å². The molecule has 0 saturated carbocycles. The van der Waals surface area contributed by atoms with Crippen molar-refractivity contribution in [3.8, 4) is 11.8 Å². The van der Waals surface area contributed by atoms with Gasteiger partial charge >= 0.3 is 0 Å². The molecule has 4 aromatic rings. The molecule has 3 aromatic heterocycles. The molecule has 8 nitrogen and oxygen atoms in total. The van der Waals surface area contributed by atoms with Gasteiger partial charge in [-0.05, 0) is 70.0 Å². The zero-order valence-electron chi connectivity index (χ0n) is 18.9. The fourth-order valence-corrected chi connectivity index (χ4v) is 4.19. The molecule has 0 saturated heterocycles. The molecule has 0 fully saturated rings. The molecule has 0 aliphatic carbocycles. The molecule has 1 aromatic carbocycles. The molecule has 0 aliphatic rings. The number of amides is 1. The number of carbonyl (C=O) groups is 1. The van der Waals surface area contributed by atoms with Gasteiger partial charge in [0.15, 0.2) is 0 Å². The first-order valence-corrected chi connectivity index (χ1v) is 11.2. The van der Waals surface area contributed by atoms with Gasteiger partial charge in [0.2, 0.25) is 11.1 Å². The number of thioether (sulfide) groups is 1. The van der Waals surface area contributed by atoms with Crippen LogP contribution in [0, 0.1) is 51.8 Å². The molecule has 0 atom stereocenters. The molecule has 0 bridgehead atoms. The minimum Gasteiger partial charge on any atom is -0.310 e. The van der Waals surface area contributed by atoms with E-state index >= 15 is 0 Å². The van der Waals surface area contributed by atoms with Crippen molar-refractivity contribution in [2.24, 2.45) is 0 Å². The number of nitrogens with zero attached hydrogens (tertiary/aromatic N) is 6. The summed E-state index contributed by atoms with van der Waals surface area (Å²) in [5.41, 5.74) is 5.43. The summed E-state index contributed by atoms with van der Waals surface area (Å²) in [6.07, 6.45) is 0. The van der Waals surface area contributed by atoms with E-state index in [0.29, 0.717) is 28.0 Å². The van der Waals surface area contributed by atoms with Gasteiger partial charge in [0, 0.05) is 22.8 Å². The lowest BCUT2D eigenvalue weighted by atomic mass is 10.2. The van der Waals surface area contributed by atoms with Crippen LogP contribution in [0.15, 0.2) is 29.4 Å². The third-order valence-corrected chi connectivity index (χ3v) is 6.58. The number of aryl methyl sites for hydroxylation is 2. The molecule has 0 aliphatic heterocycles. The van der Waals surface area contributed by atoms with Crippen LogP contribution in [-0.2, 0) is 4.79 Å². The number of aromatic nitrogens is 5. The van der Waals surface area contributed by atoms with Crippen molar-refractivity contribution in [3.05, 3.63) is 63.9 Å². The maximum absolute atomic E-state index is 13.4. The Bertz CT molecular complexity index is 1430.